The van der Waals surface area contributed by atoms with Crippen LogP contribution in [0.1, 0.15) is 22.8 Å². The minimum absolute atomic E-state index is 0.00398. The van der Waals surface area contributed by atoms with Crippen LogP contribution in [0.5, 0.6) is 0 Å². The van der Waals surface area contributed by atoms with Gasteiger partial charge in [-0.2, -0.15) is 0 Å². The second kappa shape index (κ2) is 6.81. The van der Waals surface area contributed by atoms with Crippen LogP contribution in [0.2, 0.25) is 0 Å². The van der Waals surface area contributed by atoms with Crippen molar-refractivity contribution in [2.75, 3.05) is 5.32 Å². The fourth-order valence-corrected chi connectivity index (χ4v) is 3.63. The zero-order chi connectivity index (χ0) is 19.8. The highest BCUT2D eigenvalue weighted by atomic mass is 16.6. The molecular formula is C22H19N3O3. The molecule has 4 aromatic rings. The summed E-state index contributed by atoms with van der Waals surface area (Å²) in [6.07, 6.45) is 0. The maximum Gasteiger partial charge on any atom is 0.269 e. The molecule has 0 unspecified atom stereocenters. The fraction of sp³-hybridized carbons (Fsp3) is 0.136. The smallest absolute Gasteiger partial charge is 0.269 e. The van der Waals surface area contributed by atoms with E-state index in [1.165, 1.54) is 12.1 Å². The van der Waals surface area contributed by atoms with Crippen molar-refractivity contribution < 1.29 is 9.72 Å². The molecule has 0 spiro atoms. The summed E-state index contributed by atoms with van der Waals surface area (Å²) in [5.41, 5.74) is 3.99. The number of fused-ring (bicyclic) bond motifs is 3. The lowest BCUT2D eigenvalue weighted by Gasteiger charge is -2.09. The van der Waals surface area contributed by atoms with Crippen LogP contribution < -0.4 is 5.32 Å². The van der Waals surface area contributed by atoms with Crippen molar-refractivity contribution in [2.45, 2.75) is 20.4 Å². The molecule has 6 heteroatoms. The molecule has 28 heavy (non-hydrogen) atoms. The first kappa shape index (κ1) is 17.7. The molecule has 0 saturated heterocycles. The number of nitrogens with zero attached hydrogens (tertiary/aromatic N) is 2. The molecule has 6 nitrogen and oxygen atoms in total. The van der Waals surface area contributed by atoms with Crippen molar-refractivity contribution >= 4 is 39.1 Å². The van der Waals surface area contributed by atoms with Gasteiger partial charge in [0.05, 0.1) is 4.92 Å². The highest BCUT2D eigenvalue weighted by molar-refractivity contribution is 6.12. The summed E-state index contributed by atoms with van der Waals surface area (Å²) in [6.45, 7) is 4.68. The third-order valence-corrected chi connectivity index (χ3v) is 5.02. The number of carbonyl (C=O) groups excluding carboxylic acids is 1. The number of benzene rings is 3. The van der Waals surface area contributed by atoms with E-state index in [1.807, 2.05) is 30.3 Å². The zero-order valence-electron chi connectivity index (χ0n) is 15.6. The van der Waals surface area contributed by atoms with E-state index in [1.54, 1.807) is 13.0 Å². The number of aryl methyl sites for hydroxylation is 2. The first-order chi connectivity index (χ1) is 13.5. The Morgan fingerprint density at radius 2 is 1.79 bits per heavy atom. The Labute approximate surface area is 161 Å². The maximum absolute atomic E-state index is 12.8. The van der Waals surface area contributed by atoms with Crippen LogP contribution in [0.15, 0.2) is 60.7 Å². The second-order valence-electron chi connectivity index (χ2n) is 6.70. The number of non-ortho nitro benzene ring substituents is 1. The molecule has 1 aromatic heterocycles. The number of hydrogen-bond donors (Lipinski definition) is 1. The minimum atomic E-state index is -0.448. The Morgan fingerprint density at radius 1 is 1.04 bits per heavy atom. The Kier molecular flexibility index (Phi) is 4.31. The lowest BCUT2D eigenvalue weighted by molar-refractivity contribution is -0.384. The lowest BCUT2D eigenvalue weighted by Crippen LogP contribution is -2.12. The molecule has 0 aliphatic rings. The molecule has 1 heterocycles. The van der Waals surface area contributed by atoms with Gasteiger partial charge >= 0.3 is 0 Å². The number of carbonyl (C=O) groups is 1. The molecule has 1 N–H and O–H groups in total. The standard InChI is InChI=1S/C22H19N3O3/c1-3-24-20-7-5-4-6-17(20)18-13-15(8-11-21(18)24)22(26)23-19-10-9-16(25(27)28)12-14(19)2/h4-13H,3H2,1-2H3,(H,23,26). The molecule has 3 aromatic carbocycles. The van der Waals surface area contributed by atoms with Gasteiger partial charge in [0.2, 0.25) is 0 Å². The van der Waals surface area contributed by atoms with E-state index in [9.17, 15) is 14.9 Å². The average Bonchev–Trinajstić information content (AvgIpc) is 3.02. The summed E-state index contributed by atoms with van der Waals surface area (Å²) in [5.74, 6) is -0.243. The second-order valence-corrected chi connectivity index (χ2v) is 6.70. The Morgan fingerprint density at radius 3 is 2.50 bits per heavy atom. The van der Waals surface area contributed by atoms with Gasteiger partial charge in [-0.15, -0.1) is 0 Å². The Bertz CT molecular complexity index is 1240. The third kappa shape index (κ3) is 2.89. The van der Waals surface area contributed by atoms with Crippen molar-refractivity contribution in [3.05, 3.63) is 81.9 Å². The topological polar surface area (TPSA) is 77.2 Å². The van der Waals surface area contributed by atoms with E-state index in [2.05, 4.69) is 28.9 Å². The van der Waals surface area contributed by atoms with Crippen LogP contribution in [-0.2, 0) is 6.54 Å². The number of nitro groups is 1. The monoisotopic (exact) mass is 373 g/mol. The molecule has 0 aliphatic heterocycles. The number of aromatic nitrogens is 1. The summed E-state index contributed by atoms with van der Waals surface area (Å²) in [6, 6.07) is 18.2. The van der Waals surface area contributed by atoms with Crippen LogP contribution >= 0.6 is 0 Å². The summed E-state index contributed by atoms with van der Waals surface area (Å²) in [7, 11) is 0. The number of amides is 1. The summed E-state index contributed by atoms with van der Waals surface area (Å²) >= 11 is 0. The number of nitrogens with one attached hydrogen (secondary N) is 1. The Hall–Kier alpha value is -3.67. The van der Waals surface area contributed by atoms with Crippen LogP contribution in [0.3, 0.4) is 0 Å². The molecule has 0 bridgehead atoms. The van der Waals surface area contributed by atoms with Gasteiger partial charge in [0.15, 0.2) is 0 Å². The number of para-hydroxylation sites is 1. The molecule has 140 valence electrons. The summed E-state index contributed by atoms with van der Waals surface area (Å²) in [4.78, 5) is 23.2. The van der Waals surface area contributed by atoms with Crippen LogP contribution in [0, 0.1) is 17.0 Å². The van der Waals surface area contributed by atoms with Crippen molar-refractivity contribution in [1.29, 1.82) is 0 Å². The molecule has 0 saturated carbocycles. The van der Waals surface area contributed by atoms with Crippen molar-refractivity contribution in [2.24, 2.45) is 0 Å². The molecule has 0 aliphatic carbocycles. The fourth-order valence-electron chi connectivity index (χ4n) is 3.63. The number of nitro benzene ring substituents is 1. The van der Waals surface area contributed by atoms with Crippen LogP contribution in [-0.4, -0.2) is 15.4 Å². The quantitative estimate of drug-likeness (QED) is 0.390. The normalized spacial score (nSPS) is 11.1. The largest absolute Gasteiger partial charge is 0.341 e. The Balaban J connectivity index is 1.72. The van der Waals surface area contributed by atoms with E-state index < -0.39 is 4.92 Å². The average molecular weight is 373 g/mol. The SMILES string of the molecule is CCn1c2ccccc2c2cc(C(=O)Nc3ccc([N+](=O)[O-])cc3C)ccc21. The third-order valence-electron chi connectivity index (χ3n) is 5.02. The first-order valence-corrected chi connectivity index (χ1v) is 9.07. The van der Waals surface area contributed by atoms with E-state index in [0.29, 0.717) is 16.8 Å². The van der Waals surface area contributed by atoms with Gasteiger partial charge in [-0.3, -0.25) is 14.9 Å². The highest BCUT2D eigenvalue weighted by Crippen LogP contribution is 2.30. The maximum atomic E-state index is 12.8. The molecular weight excluding hydrogens is 354 g/mol. The van der Waals surface area contributed by atoms with Crippen LogP contribution in [0.4, 0.5) is 11.4 Å². The molecule has 0 fully saturated rings. The van der Waals surface area contributed by atoms with Crippen molar-refractivity contribution in [3.63, 3.8) is 0 Å². The van der Waals surface area contributed by atoms with Gasteiger partial charge in [0, 0.05) is 51.7 Å². The summed E-state index contributed by atoms with van der Waals surface area (Å²) < 4.78 is 2.23. The summed E-state index contributed by atoms with van der Waals surface area (Å²) in [5, 5.41) is 15.9. The van der Waals surface area contributed by atoms with E-state index in [0.717, 1.165) is 28.4 Å². The zero-order valence-corrected chi connectivity index (χ0v) is 15.6. The van der Waals surface area contributed by atoms with Gasteiger partial charge in [-0.25, -0.2) is 0 Å². The lowest BCUT2D eigenvalue weighted by atomic mass is 10.1. The van der Waals surface area contributed by atoms with E-state index >= 15 is 0 Å². The first-order valence-electron chi connectivity index (χ1n) is 9.07. The molecule has 0 atom stereocenters. The highest BCUT2D eigenvalue weighted by Gasteiger charge is 2.14. The predicted molar refractivity (Wildman–Crippen MR) is 111 cm³/mol. The van der Waals surface area contributed by atoms with E-state index in [-0.39, 0.29) is 11.6 Å². The van der Waals surface area contributed by atoms with Crippen molar-refractivity contribution in [1.82, 2.24) is 4.57 Å². The van der Waals surface area contributed by atoms with Gasteiger partial charge in [0.1, 0.15) is 0 Å². The van der Waals surface area contributed by atoms with E-state index in [4.69, 9.17) is 0 Å². The minimum Gasteiger partial charge on any atom is -0.341 e. The van der Waals surface area contributed by atoms with Gasteiger partial charge in [-0.1, -0.05) is 18.2 Å². The van der Waals surface area contributed by atoms with Crippen molar-refractivity contribution in [3.8, 4) is 0 Å². The molecule has 4 rings (SSSR count). The van der Waals surface area contributed by atoms with Gasteiger partial charge in [0.25, 0.3) is 11.6 Å². The van der Waals surface area contributed by atoms with Gasteiger partial charge in [-0.05, 0) is 49.7 Å². The van der Waals surface area contributed by atoms with Crippen LogP contribution in [0.25, 0.3) is 21.8 Å². The number of hydrogen-bond acceptors (Lipinski definition) is 3. The molecule has 1 amide bonds. The predicted octanol–water partition coefficient (Wildman–Crippen LogP) is 5.28. The molecule has 0 radical (unpaired) electrons. The number of rotatable bonds is 4. The number of anilines is 1. The van der Waals surface area contributed by atoms with Gasteiger partial charge < -0.3 is 9.88 Å².